The molecule has 1 unspecified atom stereocenters. The Morgan fingerprint density at radius 3 is 2.81 bits per heavy atom. The van der Waals surface area contributed by atoms with Crippen molar-refractivity contribution < 1.29 is 4.39 Å². The predicted molar refractivity (Wildman–Crippen MR) is 84.9 cm³/mol. The van der Waals surface area contributed by atoms with Crippen molar-refractivity contribution in [2.45, 2.75) is 33.0 Å². The number of rotatable bonds is 2. The number of hydrogen-bond donors (Lipinski definition) is 1. The van der Waals surface area contributed by atoms with Gasteiger partial charge >= 0.3 is 0 Å². The lowest BCUT2D eigenvalue weighted by molar-refractivity contribution is 0.546. The molecule has 0 spiro atoms. The van der Waals surface area contributed by atoms with Gasteiger partial charge in [-0.2, -0.15) is 0 Å². The highest BCUT2D eigenvalue weighted by Gasteiger charge is 2.21. The van der Waals surface area contributed by atoms with E-state index in [9.17, 15) is 4.39 Å². The number of anilines is 1. The van der Waals surface area contributed by atoms with Gasteiger partial charge in [-0.15, -0.1) is 0 Å². The zero-order valence-electron chi connectivity index (χ0n) is 12.6. The van der Waals surface area contributed by atoms with Gasteiger partial charge in [-0.3, -0.25) is 0 Å². The molecule has 1 aliphatic rings. The monoisotopic (exact) mass is 284 g/mol. The maximum atomic E-state index is 14.0. The second kappa shape index (κ2) is 5.86. The second-order valence-corrected chi connectivity index (χ2v) is 5.84. The third kappa shape index (κ3) is 2.93. The molecule has 2 aromatic rings. The third-order valence-electron chi connectivity index (χ3n) is 4.09. The molecule has 0 fully saturated rings. The van der Waals surface area contributed by atoms with Gasteiger partial charge in [0, 0.05) is 36.9 Å². The average molecular weight is 284 g/mol. The Labute approximate surface area is 125 Å². The van der Waals surface area contributed by atoms with Crippen LogP contribution >= 0.6 is 0 Å². The first-order chi connectivity index (χ1) is 10.1. The van der Waals surface area contributed by atoms with Crippen molar-refractivity contribution in [3.05, 3.63) is 65.0 Å². The lowest BCUT2D eigenvalue weighted by atomic mass is 10.1. The maximum absolute atomic E-state index is 14.0. The van der Waals surface area contributed by atoms with E-state index in [1.807, 2.05) is 12.1 Å². The Kier molecular flexibility index (Phi) is 3.93. The minimum atomic E-state index is -0.127. The Bertz CT molecular complexity index is 639. The van der Waals surface area contributed by atoms with Crippen molar-refractivity contribution in [2.75, 3.05) is 11.4 Å². The number of aryl methyl sites for hydroxylation is 1. The fourth-order valence-corrected chi connectivity index (χ4v) is 3.06. The van der Waals surface area contributed by atoms with Gasteiger partial charge in [0.05, 0.1) is 0 Å². The molecule has 0 radical (unpaired) electrons. The molecule has 110 valence electrons. The molecular weight excluding hydrogens is 263 g/mol. The fraction of sp³-hybridized carbons (Fsp3) is 0.333. The number of nitrogens with zero attached hydrogens (tertiary/aromatic N) is 1. The molecule has 2 nitrogen and oxygen atoms in total. The lowest BCUT2D eigenvalue weighted by Gasteiger charge is -2.28. The van der Waals surface area contributed by atoms with E-state index >= 15 is 0 Å². The zero-order valence-corrected chi connectivity index (χ0v) is 12.6. The Morgan fingerprint density at radius 1 is 1.19 bits per heavy atom. The van der Waals surface area contributed by atoms with Gasteiger partial charge in [0.2, 0.25) is 0 Å². The van der Waals surface area contributed by atoms with Crippen LogP contribution in [0.2, 0.25) is 0 Å². The molecule has 3 heteroatoms. The van der Waals surface area contributed by atoms with Gasteiger partial charge in [-0.25, -0.2) is 4.39 Å². The number of benzene rings is 2. The van der Waals surface area contributed by atoms with Crippen LogP contribution in [0.5, 0.6) is 0 Å². The van der Waals surface area contributed by atoms with Crippen LogP contribution in [0.15, 0.2) is 42.5 Å². The van der Waals surface area contributed by atoms with Gasteiger partial charge in [0.25, 0.3) is 0 Å². The van der Waals surface area contributed by atoms with Crippen LogP contribution < -0.4 is 10.2 Å². The summed E-state index contributed by atoms with van der Waals surface area (Å²) in [6.07, 6.45) is 0. The van der Waals surface area contributed by atoms with E-state index in [0.29, 0.717) is 12.6 Å². The van der Waals surface area contributed by atoms with E-state index in [1.165, 1.54) is 22.9 Å². The van der Waals surface area contributed by atoms with Gasteiger partial charge in [-0.05, 0) is 31.0 Å². The first-order valence-corrected chi connectivity index (χ1v) is 7.45. The van der Waals surface area contributed by atoms with Crippen LogP contribution in [0.1, 0.15) is 23.6 Å². The summed E-state index contributed by atoms with van der Waals surface area (Å²) in [4.78, 5) is 2.30. The normalized spacial score (nSPS) is 18.2. The molecule has 1 N–H and O–H groups in total. The number of nitrogens with one attached hydrogen (secondary N) is 1. The zero-order chi connectivity index (χ0) is 14.8. The molecule has 0 aliphatic carbocycles. The van der Waals surface area contributed by atoms with Crippen molar-refractivity contribution in [1.29, 1.82) is 0 Å². The summed E-state index contributed by atoms with van der Waals surface area (Å²) in [5.74, 6) is -0.127. The van der Waals surface area contributed by atoms with Crippen LogP contribution in [0, 0.1) is 12.7 Å². The van der Waals surface area contributed by atoms with E-state index in [4.69, 9.17) is 0 Å². The predicted octanol–water partition coefficient (Wildman–Crippen LogP) is 3.63. The minimum absolute atomic E-state index is 0.127. The molecule has 0 aromatic heterocycles. The van der Waals surface area contributed by atoms with Gasteiger partial charge < -0.3 is 10.2 Å². The minimum Gasteiger partial charge on any atom is -0.365 e. The number of para-hydroxylation sites is 1. The first kappa shape index (κ1) is 14.1. The highest BCUT2D eigenvalue weighted by Crippen LogP contribution is 2.29. The Balaban J connectivity index is 1.99. The Morgan fingerprint density at radius 2 is 2.00 bits per heavy atom. The number of hydrogen-bond acceptors (Lipinski definition) is 2. The van der Waals surface area contributed by atoms with Gasteiger partial charge in [0.15, 0.2) is 0 Å². The van der Waals surface area contributed by atoms with E-state index in [0.717, 1.165) is 18.7 Å². The van der Waals surface area contributed by atoms with Crippen LogP contribution in [-0.2, 0) is 13.1 Å². The van der Waals surface area contributed by atoms with E-state index < -0.39 is 0 Å². The number of fused-ring (bicyclic) bond motifs is 1. The van der Waals surface area contributed by atoms with Crippen LogP contribution in [0.25, 0.3) is 0 Å². The fourth-order valence-electron chi connectivity index (χ4n) is 3.06. The van der Waals surface area contributed by atoms with Crippen LogP contribution in [0.4, 0.5) is 10.1 Å². The highest BCUT2D eigenvalue weighted by molar-refractivity contribution is 5.60. The largest absolute Gasteiger partial charge is 0.365 e. The molecule has 1 aliphatic heterocycles. The molecule has 3 rings (SSSR count). The first-order valence-electron chi connectivity index (χ1n) is 7.45. The summed E-state index contributed by atoms with van der Waals surface area (Å²) >= 11 is 0. The van der Waals surface area contributed by atoms with Crippen LogP contribution in [-0.4, -0.2) is 12.6 Å². The van der Waals surface area contributed by atoms with Crippen molar-refractivity contribution >= 4 is 5.69 Å². The highest BCUT2D eigenvalue weighted by atomic mass is 19.1. The smallest absolute Gasteiger partial charge is 0.128 e. The van der Waals surface area contributed by atoms with E-state index in [1.54, 1.807) is 6.07 Å². The quantitative estimate of drug-likeness (QED) is 0.906. The van der Waals surface area contributed by atoms with Gasteiger partial charge in [-0.1, -0.05) is 36.4 Å². The van der Waals surface area contributed by atoms with Crippen LogP contribution in [0.3, 0.4) is 0 Å². The summed E-state index contributed by atoms with van der Waals surface area (Å²) in [6.45, 7) is 6.66. The maximum Gasteiger partial charge on any atom is 0.128 e. The van der Waals surface area contributed by atoms with Crippen molar-refractivity contribution in [2.24, 2.45) is 0 Å². The van der Waals surface area contributed by atoms with Crippen molar-refractivity contribution in [3.8, 4) is 0 Å². The summed E-state index contributed by atoms with van der Waals surface area (Å²) in [5, 5.41) is 3.52. The van der Waals surface area contributed by atoms with E-state index in [-0.39, 0.29) is 5.82 Å². The molecule has 0 saturated heterocycles. The van der Waals surface area contributed by atoms with Gasteiger partial charge in [0.1, 0.15) is 5.82 Å². The number of halogens is 1. The van der Waals surface area contributed by atoms with E-state index in [2.05, 4.69) is 42.3 Å². The summed E-state index contributed by atoms with van der Waals surface area (Å²) in [6, 6.07) is 13.8. The molecule has 0 saturated carbocycles. The average Bonchev–Trinajstić information content (AvgIpc) is 2.62. The molecule has 1 atom stereocenters. The molecule has 1 heterocycles. The topological polar surface area (TPSA) is 15.3 Å². The molecule has 0 bridgehead atoms. The van der Waals surface area contributed by atoms with Crippen molar-refractivity contribution in [1.82, 2.24) is 5.32 Å². The molecule has 2 aromatic carbocycles. The standard InChI is InChI=1S/C18H21FN2/c1-13-6-5-8-15-10-20-14(2)11-21(18(13)15)12-16-7-3-4-9-17(16)19/h3-9,14,20H,10-12H2,1-2H3. The molecule has 0 amide bonds. The molecular formula is C18H21FN2. The van der Waals surface area contributed by atoms with Crippen molar-refractivity contribution in [3.63, 3.8) is 0 Å². The summed E-state index contributed by atoms with van der Waals surface area (Å²) in [5.41, 5.74) is 4.54. The molecule has 21 heavy (non-hydrogen) atoms. The summed E-state index contributed by atoms with van der Waals surface area (Å²) in [7, 11) is 0. The summed E-state index contributed by atoms with van der Waals surface area (Å²) < 4.78 is 14.0. The SMILES string of the molecule is Cc1cccc2c1N(Cc1ccccc1F)CC(C)NC2. The lowest BCUT2D eigenvalue weighted by Crippen LogP contribution is -2.36. The third-order valence-corrected chi connectivity index (χ3v) is 4.09. The second-order valence-electron chi connectivity index (χ2n) is 5.84. The Hall–Kier alpha value is -1.87.